The summed E-state index contributed by atoms with van der Waals surface area (Å²) in [5, 5.41) is 2.07. The second-order valence-corrected chi connectivity index (χ2v) is 4.61. The Labute approximate surface area is 95.3 Å². The van der Waals surface area contributed by atoms with Gasteiger partial charge in [-0.25, -0.2) is 0 Å². The van der Waals surface area contributed by atoms with E-state index in [0.29, 0.717) is 0 Å². The molecule has 0 N–H and O–H groups in total. The van der Waals surface area contributed by atoms with Gasteiger partial charge in [0, 0.05) is 20.9 Å². The highest BCUT2D eigenvalue weighted by Gasteiger charge is 1.92. The van der Waals surface area contributed by atoms with E-state index in [-0.39, 0.29) is 0 Å². The molecule has 0 aliphatic heterocycles. The predicted molar refractivity (Wildman–Crippen MR) is 65.2 cm³/mol. The van der Waals surface area contributed by atoms with Crippen molar-refractivity contribution < 1.29 is 0 Å². The van der Waals surface area contributed by atoms with Crippen LogP contribution in [0.5, 0.6) is 0 Å². The molecule has 0 spiro atoms. The predicted octanol–water partition coefficient (Wildman–Crippen LogP) is 4.08. The Bertz CT molecular complexity index is 434. The molecule has 3 heteroatoms. The van der Waals surface area contributed by atoms with E-state index in [1.807, 2.05) is 24.3 Å². The number of hydrogen-bond donors (Lipinski definition) is 0. The van der Waals surface area contributed by atoms with E-state index in [1.165, 1.54) is 4.88 Å². The zero-order valence-electron chi connectivity index (χ0n) is 7.35. The van der Waals surface area contributed by atoms with Crippen LogP contribution in [0.2, 0.25) is 0 Å². The number of hydrogen-bond acceptors (Lipinski definition) is 2. The van der Waals surface area contributed by atoms with Crippen molar-refractivity contribution in [1.82, 2.24) is 4.98 Å². The third kappa shape index (κ3) is 2.53. The van der Waals surface area contributed by atoms with Crippen molar-refractivity contribution in [3.05, 3.63) is 50.9 Å². The molecular weight excluding hydrogens is 258 g/mol. The molecule has 0 unspecified atom stereocenters. The van der Waals surface area contributed by atoms with Crippen LogP contribution >= 0.6 is 27.3 Å². The highest BCUT2D eigenvalue weighted by Crippen LogP contribution is 2.21. The number of pyridine rings is 1. The lowest BCUT2D eigenvalue weighted by molar-refractivity contribution is 1.30. The lowest BCUT2D eigenvalue weighted by atomic mass is 10.3. The van der Waals surface area contributed by atoms with E-state index in [2.05, 4.69) is 38.4 Å². The SMILES string of the molecule is Brc1csc(/C=C/c2ccccn2)c1. The van der Waals surface area contributed by atoms with E-state index in [9.17, 15) is 0 Å². The fourth-order valence-corrected chi connectivity index (χ4v) is 2.39. The average Bonchev–Trinajstić information content (AvgIpc) is 2.63. The normalized spacial score (nSPS) is 10.9. The van der Waals surface area contributed by atoms with Gasteiger partial charge in [0.1, 0.15) is 0 Å². The minimum atomic E-state index is 0.983. The fourth-order valence-electron chi connectivity index (χ4n) is 1.06. The number of aromatic nitrogens is 1. The van der Waals surface area contributed by atoms with E-state index < -0.39 is 0 Å². The maximum atomic E-state index is 4.21. The van der Waals surface area contributed by atoms with Gasteiger partial charge in [-0.2, -0.15) is 0 Å². The maximum Gasteiger partial charge on any atom is 0.0630 e. The molecule has 0 saturated carbocycles. The van der Waals surface area contributed by atoms with Crippen molar-refractivity contribution in [2.24, 2.45) is 0 Å². The second kappa shape index (κ2) is 4.53. The number of nitrogens with zero attached hydrogens (tertiary/aromatic N) is 1. The van der Waals surface area contributed by atoms with E-state index in [1.54, 1.807) is 17.5 Å². The maximum absolute atomic E-state index is 4.21. The zero-order valence-corrected chi connectivity index (χ0v) is 9.75. The van der Waals surface area contributed by atoms with Crippen LogP contribution in [-0.2, 0) is 0 Å². The average molecular weight is 266 g/mol. The van der Waals surface area contributed by atoms with Crippen LogP contribution in [-0.4, -0.2) is 4.98 Å². The summed E-state index contributed by atoms with van der Waals surface area (Å²) in [6.45, 7) is 0. The van der Waals surface area contributed by atoms with Gasteiger partial charge in [0.05, 0.1) is 5.69 Å². The smallest absolute Gasteiger partial charge is 0.0630 e. The summed E-state index contributed by atoms with van der Waals surface area (Å²) in [5.41, 5.74) is 0.983. The fraction of sp³-hybridized carbons (Fsp3) is 0. The van der Waals surface area contributed by atoms with Crippen LogP contribution in [0, 0.1) is 0 Å². The third-order valence-electron chi connectivity index (χ3n) is 1.69. The van der Waals surface area contributed by atoms with Crippen molar-refractivity contribution in [1.29, 1.82) is 0 Å². The molecule has 0 aliphatic carbocycles. The molecular formula is C11H8BrNS. The van der Waals surface area contributed by atoms with Crippen LogP contribution in [0.3, 0.4) is 0 Å². The summed E-state index contributed by atoms with van der Waals surface area (Å²) in [6.07, 6.45) is 5.88. The third-order valence-corrected chi connectivity index (χ3v) is 3.35. The zero-order chi connectivity index (χ0) is 9.80. The highest BCUT2D eigenvalue weighted by molar-refractivity contribution is 9.10. The summed E-state index contributed by atoms with van der Waals surface area (Å²) in [4.78, 5) is 5.43. The Kier molecular flexibility index (Phi) is 3.11. The first-order valence-corrected chi connectivity index (χ1v) is 5.85. The number of thiophene rings is 1. The molecule has 2 aromatic rings. The van der Waals surface area contributed by atoms with Crippen LogP contribution < -0.4 is 0 Å². The van der Waals surface area contributed by atoms with Crippen LogP contribution in [0.4, 0.5) is 0 Å². The van der Waals surface area contributed by atoms with Gasteiger partial charge in [-0.05, 0) is 46.3 Å². The Morgan fingerprint density at radius 2 is 2.21 bits per heavy atom. The summed E-state index contributed by atoms with van der Waals surface area (Å²) >= 11 is 5.13. The lowest BCUT2D eigenvalue weighted by Gasteiger charge is -1.88. The van der Waals surface area contributed by atoms with Gasteiger partial charge in [0.15, 0.2) is 0 Å². The van der Waals surface area contributed by atoms with Gasteiger partial charge in [-0.1, -0.05) is 6.07 Å². The van der Waals surface area contributed by atoms with Gasteiger partial charge < -0.3 is 0 Å². The van der Waals surface area contributed by atoms with Crippen molar-refractivity contribution in [3.8, 4) is 0 Å². The van der Waals surface area contributed by atoms with Crippen molar-refractivity contribution in [2.45, 2.75) is 0 Å². The van der Waals surface area contributed by atoms with Crippen LogP contribution in [0.1, 0.15) is 10.6 Å². The topological polar surface area (TPSA) is 12.9 Å². The van der Waals surface area contributed by atoms with E-state index >= 15 is 0 Å². The molecule has 2 heterocycles. The Morgan fingerprint density at radius 1 is 1.29 bits per heavy atom. The highest BCUT2D eigenvalue weighted by atomic mass is 79.9. The monoisotopic (exact) mass is 265 g/mol. The molecule has 2 aromatic heterocycles. The molecule has 2 rings (SSSR count). The summed E-state index contributed by atoms with van der Waals surface area (Å²) < 4.78 is 1.13. The molecule has 0 atom stereocenters. The molecule has 70 valence electrons. The van der Waals surface area contributed by atoms with E-state index in [0.717, 1.165) is 10.2 Å². The first-order chi connectivity index (χ1) is 6.84. The van der Waals surface area contributed by atoms with Gasteiger partial charge in [0.2, 0.25) is 0 Å². The second-order valence-electron chi connectivity index (χ2n) is 2.76. The van der Waals surface area contributed by atoms with Gasteiger partial charge >= 0.3 is 0 Å². The Hall–Kier alpha value is -0.930. The first-order valence-electron chi connectivity index (χ1n) is 4.18. The summed E-state index contributed by atoms with van der Waals surface area (Å²) in [5.74, 6) is 0. The first kappa shape index (κ1) is 9.62. The van der Waals surface area contributed by atoms with Crippen LogP contribution in [0.25, 0.3) is 12.2 Å². The molecule has 0 saturated heterocycles. The summed E-state index contributed by atoms with van der Waals surface area (Å²) in [7, 11) is 0. The number of halogens is 1. The molecule has 1 nitrogen and oxygen atoms in total. The van der Waals surface area contributed by atoms with Crippen LogP contribution in [0.15, 0.2) is 40.3 Å². The van der Waals surface area contributed by atoms with Gasteiger partial charge in [-0.15, -0.1) is 11.3 Å². The van der Waals surface area contributed by atoms with Crippen molar-refractivity contribution in [2.75, 3.05) is 0 Å². The van der Waals surface area contributed by atoms with Gasteiger partial charge in [0.25, 0.3) is 0 Å². The number of rotatable bonds is 2. The molecule has 0 fully saturated rings. The standard InChI is InChI=1S/C11H8BrNS/c12-9-7-11(14-8-9)5-4-10-3-1-2-6-13-10/h1-8H/b5-4+. The Morgan fingerprint density at radius 3 is 2.86 bits per heavy atom. The minimum Gasteiger partial charge on any atom is -0.257 e. The van der Waals surface area contributed by atoms with E-state index in [4.69, 9.17) is 0 Å². The Balaban J connectivity index is 2.15. The van der Waals surface area contributed by atoms with Crippen molar-refractivity contribution in [3.63, 3.8) is 0 Å². The molecule has 0 amide bonds. The quantitative estimate of drug-likeness (QED) is 0.798. The molecule has 0 aromatic carbocycles. The molecule has 0 bridgehead atoms. The lowest BCUT2D eigenvalue weighted by Crippen LogP contribution is -1.75. The molecule has 14 heavy (non-hydrogen) atoms. The molecule has 0 aliphatic rings. The van der Waals surface area contributed by atoms with Gasteiger partial charge in [-0.3, -0.25) is 4.98 Å². The molecule has 0 radical (unpaired) electrons. The minimum absolute atomic E-state index is 0.983. The van der Waals surface area contributed by atoms with Crippen molar-refractivity contribution >= 4 is 39.4 Å². The largest absolute Gasteiger partial charge is 0.257 e. The summed E-state index contributed by atoms with van der Waals surface area (Å²) in [6, 6.07) is 7.97.